The van der Waals surface area contributed by atoms with Crippen molar-refractivity contribution in [1.82, 2.24) is 15.4 Å². The van der Waals surface area contributed by atoms with Crippen molar-refractivity contribution in [2.45, 2.75) is 19.9 Å². The third kappa shape index (κ3) is 10.7. The molecule has 0 aliphatic heterocycles. The summed E-state index contributed by atoms with van der Waals surface area (Å²) in [7, 11) is -1.49. The molecule has 0 saturated carbocycles. The quantitative estimate of drug-likeness (QED) is 0.219. The van der Waals surface area contributed by atoms with Crippen LogP contribution in [0.25, 0.3) is 0 Å². The summed E-state index contributed by atoms with van der Waals surface area (Å²) >= 11 is 0. The van der Waals surface area contributed by atoms with Crippen LogP contribution in [0.1, 0.15) is 18.9 Å². The Morgan fingerprint density at radius 3 is 2.62 bits per heavy atom. The molecule has 0 spiro atoms. The Morgan fingerprint density at radius 1 is 1.25 bits per heavy atom. The molecule has 0 heterocycles. The number of ether oxygens (including phenoxy) is 1. The molecule has 0 aliphatic carbocycles. The molecule has 0 atom stereocenters. The van der Waals surface area contributed by atoms with E-state index in [9.17, 15) is 8.42 Å². The van der Waals surface area contributed by atoms with Crippen LogP contribution in [-0.4, -0.2) is 47.4 Å². The maximum Gasteiger partial charge on any atom is 0.208 e. The number of hydrogen-bond donors (Lipinski definition) is 3. The van der Waals surface area contributed by atoms with Crippen molar-refractivity contribution in [1.29, 1.82) is 0 Å². The van der Waals surface area contributed by atoms with E-state index < -0.39 is 10.0 Å². The molecule has 138 valence electrons. The summed E-state index contributed by atoms with van der Waals surface area (Å²) < 4.78 is 29.6. The second-order valence-corrected chi connectivity index (χ2v) is 6.83. The predicted molar refractivity (Wildman–Crippen MR) is 109 cm³/mol. The summed E-state index contributed by atoms with van der Waals surface area (Å²) in [5, 5.41) is 6.34. The molecular formula is C15H27IN4O3S. The molecule has 1 aromatic carbocycles. The molecule has 0 bridgehead atoms. The predicted octanol–water partition coefficient (Wildman–Crippen LogP) is 1.31. The van der Waals surface area contributed by atoms with Gasteiger partial charge in [0.15, 0.2) is 5.96 Å². The molecule has 0 saturated heterocycles. The summed E-state index contributed by atoms with van der Waals surface area (Å²) in [6, 6.07) is 7.76. The first kappa shape index (κ1) is 22.9. The Hall–Kier alpha value is -1.07. The summed E-state index contributed by atoms with van der Waals surface area (Å²) in [5.74, 6) is 1.51. The number of nitrogens with one attached hydrogen (secondary N) is 3. The highest BCUT2D eigenvalue weighted by molar-refractivity contribution is 14.0. The van der Waals surface area contributed by atoms with Crippen molar-refractivity contribution < 1.29 is 13.2 Å². The Morgan fingerprint density at radius 2 is 2.00 bits per heavy atom. The number of guanidine groups is 1. The van der Waals surface area contributed by atoms with Gasteiger partial charge in [0, 0.05) is 19.6 Å². The van der Waals surface area contributed by atoms with E-state index in [2.05, 4.69) is 20.3 Å². The Balaban J connectivity index is 0.00000529. The van der Waals surface area contributed by atoms with Gasteiger partial charge in [-0.05, 0) is 31.0 Å². The van der Waals surface area contributed by atoms with E-state index in [4.69, 9.17) is 4.74 Å². The van der Waals surface area contributed by atoms with Crippen molar-refractivity contribution in [3.8, 4) is 5.75 Å². The first-order valence-corrected chi connectivity index (χ1v) is 9.43. The number of aliphatic imine (C=N–C) groups is 1. The summed E-state index contributed by atoms with van der Waals surface area (Å²) in [6.45, 7) is 4.32. The van der Waals surface area contributed by atoms with Gasteiger partial charge >= 0.3 is 0 Å². The Labute approximate surface area is 161 Å². The van der Waals surface area contributed by atoms with Gasteiger partial charge in [0.1, 0.15) is 5.75 Å². The second kappa shape index (κ2) is 12.3. The number of nitrogens with zero attached hydrogens (tertiary/aromatic N) is 1. The highest BCUT2D eigenvalue weighted by Gasteiger charge is 2.01. The number of halogens is 1. The molecule has 1 rings (SSSR count). The highest BCUT2D eigenvalue weighted by Crippen LogP contribution is 2.12. The molecule has 0 aromatic heterocycles. The summed E-state index contributed by atoms with van der Waals surface area (Å²) in [4.78, 5) is 4.51. The van der Waals surface area contributed by atoms with Gasteiger partial charge in [-0.2, -0.15) is 0 Å². The highest BCUT2D eigenvalue weighted by atomic mass is 127. The fraction of sp³-hybridized carbons (Fsp3) is 0.533. The zero-order chi connectivity index (χ0) is 17.1. The van der Waals surface area contributed by atoms with Crippen molar-refractivity contribution in [3.63, 3.8) is 0 Å². The molecule has 1 aromatic rings. The molecule has 0 fully saturated rings. The lowest BCUT2D eigenvalue weighted by atomic mass is 10.2. The summed E-state index contributed by atoms with van der Waals surface area (Å²) in [6.07, 6.45) is 1.83. The lowest BCUT2D eigenvalue weighted by Crippen LogP contribution is -2.38. The largest absolute Gasteiger partial charge is 0.497 e. The molecule has 0 aliphatic rings. The van der Waals surface area contributed by atoms with Gasteiger partial charge in [-0.15, -0.1) is 24.0 Å². The van der Waals surface area contributed by atoms with E-state index in [-0.39, 0.29) is 24.0 Å². The van der Waals surface area contributed by atoms with Crippen LogP contribution in [0.3, 0.4) is 0 Å². The lowest BCUT2D eigenvalue weighted by Gasteiger charge is -2.11. The average Bonchev–Trinajstić information content (AvgIpc) is 2.51. The van der Waals surface area contributed by atoms with Crippen molar-refractivity contribution >= 4 is 40.0 Å². The van der Waals surface area contributed by atoms with E-state index in [1.54, 1.807) is 7.11 Å². The minimum Gasteiger partial charge on any atom is -0.497 e. The van der Waals surface area contributed by atoms with Crippen LogP contribution in [0, 0.1) is 0 Å². The van der Waals surface area contributed by atoms with E-state index in [1.807, 2.05) is 31.2 Å². The number of rotatable bonds is 9. The lowest BCUT2D eigenvalue weighted by molar-refractivity contribution is 0.414. The van der Waals surface area contributed by atoms with Gasteiger partial charge in [0.25, 0.3) is 0 Å². The van der Waals surface area contributed by atoms with Crippen molar-refractivity contribution in [2.75, 3.05) is 33.0 Å². The fourth-order valence-corrected chi connectivity index (χ4v) is 2.35. The van der Waals surface area contributed by atoms with Crippen molar-refractivity contribution in [2.24, 2.45) is 4.99 Å². The monoisotopic (exact) mass is 470 g/mol. The number of benzene rings is 1. The van der Waals surface area contributed by atoms with Crippen LogP contribution in [-0.2, 0) is 16.6 Å². The minimum atomic E-state index is -3.12. The standard InChI is InChI=1S/C15H26N4O3S.HI/c1-4-16-15(17-9-6-10-19-23(3,20)21)18-12-13-7-5-8-14(11-13)22-2;/h5,7-8,11,19H,4,6,9-10,12H2,1-3H3,(H2,16,17,18);1H. The maximum absolute atomic E-state index is 11.0. The van der Waals surface area contributed by atoms with Crippen LogP contribution in [0.4, 0.5) is 0 Å². The smallest absolute Gasteiger partial charge is 0.208 e. The molecule has 0 unspecified atom stereocenters. The molecule has 7 nitrogen and oxygen atoms in total. The van der Waals surface area contributed by atoms with E-state index in [0.717, 1.165) is 24.1 Å². The van der Waals surface area contributed by atoms with Crippen molar-refractivity contribution in [3.05, 3.63) is 29.8 Å². The van der Waals surface area contributed by atoms with Crippen LogP contribution >= 0.6 is 24.0 Å². The van der Waals surface area contributed by atoms with Crippen LogP contribution in [0.15, 0.2) is 29.3 Å². The molecule has 3 N–H and O–H groups in total. The summed E-state index contributed by atoms with van der Waals surface area (Å²) in [5.41, 5.74) is 1.06. The van der Waals surface area contributed by atoms with Gasteiger partial charge in [-0.25, -0.2) is 18.1 Å². The van der Waals surface area contributed by atoms with E-state index in [0.29, 0.717) is 32.0 Å². The molecule has 9 heteroatoms. The number of hydrogen-bond acceptors (Lipinski definition) is 4. The second-order valence-electron chi connectivity index (χ2n) is 4.99. The van der Waals surface area contributed by atoms with Crippen LogP contribution < -0.4 is 20.1 Å². The van der Waals surface area contributed by atoms with Gasteiger partial charge < -0.3 is 15.4 Å². The SMILES string of the molecule is CCNC(=NCc1cccc(OC)c1)NCCCNS(C)(=O)=O.I. The number of methoxy groups -OCH3 is 1. The molecule has 24 heavy (non-hydrogen) atoms. The van der Waals surface area contributed by atoms with Gasteiger partial charge in [0.2, 0.25) is 10.0 Å². The van der Waals surface area contributed by atoms with Crippen LogP contribution in [0.2, 0.25) is 0 Å². The first-order valence-electron chi connectivity index (χ1n) is 7.54. The van der Waals surface area contributed by atoms with Gasteiger partial charge in [-0.1, -0.05) is 12.1 Å². The topological polar surface area (TPSA) is 91.8 Å². The van der Waals surface area contributed by atoms with Gasteiger partial charge in [-0.3, -0.25) is 0 Å². The normalized spacial score (nSPS) is 11.5. The third-order valence-electron chi connectivity index (χ3n) is 2.91. The van der Waals surface area contributed by atoms with E-state index >= 15 is 0 Å². The zero-order valence-electron chi connectivity index (χ0n) is 14.3. The maximum atomic E-state index is 11.0. The first-order chi connectivity index (χ1) is 10.9. The van der Waals surface area contributed by atoms with Crippen LogP contribution in [0.5, 0.6) is 5.75 Å². The molecule has 0 radical (unpaired) electrons. The molecular weight excluding hydrogens is 443 g/mol. The fourth-order valence-electron chi connectivity index (χ4n) is 1.84. The number of sulfonamides is 1. The average molecular weight is 470 g/mol. The minimum absolute atomic E-state index is 0. The Bertz CT molecular complexity index is 608. The van der Waals surface area contributed by atoms with Gasteiger partial charge in [0.05, 0.1) is 19.9 Å². The van der Waals surface area contributed by atoms with E-state index in [1.165, 1.54) is 0 Å². The zero-order valence-corrected chi connectivity index (χ0v) is 17.5. The molecule has 0 amide bonds. The Kier molecular flexibility index (Phi) is 11.8. The third-order valence-corrected chi connectivity index (χ3v) is 3.64.